The van der Waals surface area contributed by atoms with E-state index in [0.29, 0.717) is 22.8 Å². The Hall–Kier alpha value is -3.10. The van der Waals surface area contributed by atoms with Crippen LogP contribution in [0.4, 0.5) is 14.6 Å². The molecule has 7 nitrogen and oxygen atoms in total. The second-order valence-corrected chi connectivity index (χ2v) is 7.46. The van der Waals surface area contributed by atoms with Crippen molar-refractivity contribution < 1.29 is 23.1 Å². The molecule has 2 aromatic rings. The largest absolute Gasteiger partial charge is 0.471 e. The van der Waals surface area contributed by atoms with E-state index in [1.807, 2.05) is 0 Å². The molecule has 0 atom stereocenters. The quantitative estimate of drug-likeness (QED) is 0.680. The number of hydrogen-bond donors (Lipinski definition) is 2. The highest BCUT2D eigenvalue weighted by Crippen LogP contribution is 2.17. The van der Waals surface area contributed by atoms with Crippen LogP contribution in [0.25, 0.3) is 0 Å². The summed E-state index contributed by atoms with van der Waals surface area (Å²) in [4.78, 5) is 32.8. The zero-order valence-electron chi connectivity index (χ0n) is 17.7. The molecule has 2 rings (SSSR count). The normalized spacial score (nSPS) is 11.3. The number of hydrogen-bond acceptors (Lipinski definition) is 5. The van der Waals surface area contributed by atoms with Crippen LogP contribution in [0.3, 0.4) is 0 Å². The van der Waals surface area contributed by atoms with Crippen LogP contribution in [0.5, 0.6) is 5.88 Å². The molecule has 2 amide bonds. The Kier molecular flexibility index (Phi) is 7.42. The van der Waals surface area contributed by atoms with E-state index in [1.54, 1.807) is 39.8 Å². The zero-order chi connectivity index (χ0) is 22.5. The Bertz CT molecular complexity index is 927. The molecule has 0 aliphatic rings. The lowest BCUT2D eigenvalue weighted by Gasteiger charge is -2.13. The van der Waals surface area contributed by atoms with Crippen molar-refractivity contribution in [2.75, 3.05) is 11.9 Å². The third-order valence-corrected chi connectivity index (χ3v) is 4.07. The van der Waals surface area contributed by atoms with Crippen molar-refractivity contribution >= 4 is 17.6 Å². The number of nitrogens with one attached hydrogen (secondary N) is 2. The molecule has 2 aromatic heterocycles. The van der Waals surface area contributed by atoms with Gasteiger partial charge in [-0.05, 0) is 31.5 Å². The molecule has 0 radical (unpaired) electrons. The van der Waals surface area contributed by atoms with Crippen molar-refractivity contribution in [2.45, 2.75) is 47.1 Å². The van der Waals surface area contributed by atoms with Crippen molar-refractivity contribution in [3.8, 4) is 5.88 Å². The predicted octanol–water partition coefficient (Wildman–Crippen LogP) is 3.65. The molecule has 0 saturated heterocycles. The summed E-state index contributed by atoms with van der Waals surface area (Å²) in [6.45, 7) is 7.16. The number of pyridine rings is 2. The molecule has 30 heavy (non-hydrogen) atoms. The molecule has 0 bridgehead atoms. The predicted molar refractivity (Wildman–Crippen MR) is 109 cm³/mol. The lowest BCUT2D eigenvalue weighted by Crippen LogP contribution is -2.25. The zero-order valence-corrected chi connectivity index (χ0v) is 17.7. The van der Waals surface area contributed by atoms with Crippen LogP contribution in [0, 0.1) is 19.8 Å². The SMILES string of the molecule is Cc1cc(C(=O)NCc2ccc(OCC(C)(F)F)nc2C)cc(NC(=O)C(C)C)n1. The highest BCUT2D eigenvalue weighted by molar-refractivity contribution is 5.97. The number of nitrogens with zero attached hydrogens (tertiary/aromatic N) is 2. The average Bonchev–Trinajstić information content (AvgIpc) is 2.64. The summed E-state index contributed by atoms with van der Waals surface area (Å²) in [5, 5.41) is 5.46. The van der Waals surface area contributed by atoms with Crippen molar-refractivity contribution in [3.63, 3.8) is 0 Å². The second kappa shape index (κ2) is 9.60. The second-order valence-electron chi connectivity index (χ2n) is 7.46. The van der Waals surface area contributed by atoms with E-state index >= 15 is 0 Å². The highest BCUT2D eigenvalue weighted by atomic mass is 19.3. The minimum absolute atomic E-state index is 0.0967. The number of anilines is 1. The van der Waals surface area contributed by atoms with E-state index in [4.69, 9.17) is 4.74 Å². The fourth-order valence-electron chi connectivity index (χ4n) is 2.45. The fraction of sp³-hybridized carbons (Fsp3) is 0.429. The maximum atomic E-state index is 12.9. The summed E-state index contributed by atoms with van der Waals surface area (Å²) in [6.07, 6.45) is 0. The van der Waals surface area contributed by atoms with Gasteiger partial charge in [0.05, 0.1) is 0 Å². The maximum Gasteiger partial charge on any atom is 0.278 e. The molecule has 2 heterocycles. The summed E-state index contributed by atoms with van der Waals surface area (Å²) >= 11 is 0. The summed E-state index contributed by atoms with van der Waals surface area (Å²) in [5.74, 6) is -3.28. The number of aromatic nitrogens is 2. The number of rotatable bonds is 8. The van der Waals surface area contributed by atoms with Gasteiger partial charge in [-0.3, -0.25) is 9.59 Å². The monoisotopic (exact) mass is 420 g/mol. The van der Waals surface area contributed by atoms with Crippen molar-refractivity contribution in [2.24, 2.45) is 5.92 Å². The van der Waals surface area contributed by atoms with Gasteiger partial charge in [0.2, 0.25) is 11.8 Å². The number of ether oxygens (including phenoxy) is 1. The molecule has 0 aliphatic carbocycles. The first kappa shape index (κ1) is 23.2. The molecular formula is C21H26F2N4O3. The summed E-state index contributed by atoms with van der Waals surface area (Å²) in [7, 11) is 0. The number of carbonyl (C=O) groups excluding carboxylic acids is 2. The van der Waals surface area contributed by atoms with Crippen LogP contribution in [0.1, 0.15) is 48.1 Å². The number of aryl methyl sites for hydroxylation is 2. The lowest BCUT2D eigenvalue weighted by molar-refractivity contribution is -0.118. The van der Waals surface area contributed by atoms with E-state index in [9.17, 15) is 18.4 Å². The van der Waals surface area contributed by atoms with E-state index in [2.05, 4.69) is 20.6 Å². The number of halogens is 2. The van der Waals surface area contributed by atoms with Crippen molar-refractivity contribution in [3.05, 3.63) is 46.8 Å². The van der Waals surface area contributed by atoms with Gasteiger partial charge >= 0.3 is 0 Å². The van der Waals surface area contributed by atoms with Gasteiger partial charge in [0.15, 0.2) is 6.61 Å². The fourth-order valence-corrected chi connectivity index (χ4v) is 2.45. The maximum absolute atomic E-state index is 12.9. The van der Waals surface area contributed by atoms with Gasteiger partial charge in [-0.25, -0.2) is 18.7 Å². The molecule has 0 aliphatic heterocycles. The van der Waals surface area contributed by atoms with Gasteiger partial charge in [-0.1, -0.05) is 19.9 Å². The molecule has 162 valence electrons. The number of amides is 2. The molecule has 2 N–H and O–H groups in total. The molecule has 0 fully saturated rings. The van der Waals surface area contributed by atoms with Gasteiger partial charge in [-0.2, -0.15) is 0 Å². The topological polar surface area (TPSA) is 93.2 Å². The van der Waals surface area contributed by atoms with E-state index < -0.39 is 12.5 Å². The highest BCUT2D eigenvalue weighted by Gasteiger charge is 2.22. The molecular weight excluding hydrogens is 394 g/mol. The third-order valence-electron chi connectivity index (χ3n) is 4.07. The summed E-state index contributed by atoms with van der Waals surface area (Å²) in [6, 6.07) is 6.27. The van der Waals surface area contributed by atoms with Crippen LogP contribution < -0.4 is 15.4 Å². The smallest absolute Gasteiger partial charge is 0.278 e. The van der Waals surface area contributed by atoms with Crippen LogP contribution >= 0.6 is 0 Å². The van der Waals surface area contributed by atoms with Gasteiger partial charge in [0.25, 0.3) is 11.8 Å². The standard InChI is InChI=1S/C21H26F2N4O3/c1-12(2)19(28)27-17-9-16(8-13(3)25-17)20(29)24-10-15-6-7-18(26-14(15)4)30-11-21(5,22)23/h6-9,12H,10-11H2,1-5H3,(H,24,29)(H,25,27,28). The van der Waals surface area contributed by atoms with Crippen LogP contribution in [-0.2, 0) is 11.3 Å². The van der Waals surface area contributed by atoms with Gasteiger partial charge in [-0.15, -0.1) is 0 Å². The lowest BCUT2D eigenvalue weighted by atomic mass is 10.1. The molecule has 0 spiro atoms. The minimum Gasteiger partial charge on any atom is -0.471 e. The van der Waals surface area contributed by atoms with Crippen molar-refractivity contribution in [1.82, 2.24) is 15.3 Å². The Balaban J connectivity index is 2.03. The summed E-state index contributed by atoms with van der Waals surface area (Å²) in [5.41, 5.74) is 2.23. The Morgan fingerprint density at radius 2 is 1.87 bits per heavy atom. The molecule has 9 heteroatoms. The van der Waals surface area contributed by atoms with Gasteiger partial charge in [0.1, 0.15) is 5.82 Å². The van der Waals surface area contributed by atoms with Crippen molar-refractivity contribution in [1.29, 1.82) is 0 Å². The van der Waals surface area contributed by atoms with E-state index in [-0.39, 0.29) is 30.2 Å². The first-order valence-electron chi connectivity index (χ1n) is 9.49. The van der Waals surface area contributed by atoms with E-state index in [1.165, 1.54) is 12.1 Å². The average molecular weight is 420 g/mol. The minimum atomic E-state index is -2.95. The Morgan fingerprint density at radius 3 is 2.47 bits per heavy atom. The van der Waals surface area contributed by atoms with Gasteiger partial charge in [0, 0.05) is 42.4 Å². The molecule has 0 unspecified atom stereocenters. The number of alkyl halides is 2. The van der Waals surface area contributed by atoms with Crippen LogP contribution in [-0.4, -0.2) is 34.3 Å². The number of carbonyl (C=O) groups is 2. The summed E-state index contributed by atoms with van der Waals surface area (Å²) < 4.78 is 30.8. The Morgan fingerprint density at radius 1 is 1.17 bits per heavy atom. The van der Waals surface area contributed by atoms with Crippen LogP contribution in [0.15, 0.2) is 24.3 Å². The van der Waals surface area contributed by atoms with E-state index in [0.717, 1.165) is 12.5 Å². The third kappa shape index (κ3) is 7.06. The molecule has 0 saturated carbocycles. The van der Waals surface area contributed by atoms with Crippen LogP contribution in [0.2, 0.25) is 0 Å². The first-order chi connectivity index (χ1) is 13.9. The Labute approximate surface area is 174 Å². The van der Waals surface area contributed by atoms with Gasteiger partial charge < -0.3 is 15.4 Å². The molecule has 0 aromatic carbocycles. The first-order valence-corrected chi connectivity index (χ1v) is 9.49.